The van der Waals surface area contributed by atoms with Gasteiger partial charge in [0.05, 0.1) is 0 Å². The smallest absolute Gasteiger partial charge is 0.248 e. The highest BCUT2D eigenvalue weighted by atomic mass is 35.5. The van der Waals surface area contributed by atoms with Gasteiger partial charge in [-0.1, -0.05) is 11.6 Å². The number of hydrogen-bond acceptors (Lipinski definition) is 3. The number of hydrogen-bond donors (Lipinski definition) is 1. The molecule has 18 heavy (non-hydrogen) atoms. The molecule has 2 rings (SSSR count). The molecule has 1 aliphatic rings. The fourth-order valence-electron chi connectivity index (χ4n) is 1.91. The Kier molecular flexibility index (Phi) is 3.75. The summed E-state index contributed by atoms with van der Waals surface area (Å²) in [5, 5.41) is 2.71. The number of anilines is 1. The van der Waals surface area contributed by atoms with Crippen LogP contribution in [0.2, 0.25) is 5.15 Å². The zero-order valence-electron chi connectivity index (χ0n) is 9.50. The molecule has 4 nitrogen and oxygen atoms in total. The summed E-state index contributed by atoms with van der Waals surface area (Å²) in [5.41, 5.74) is 0. The van der Waals surface area contributed by atoms with Gasteiger partial charge in [0.25, 0.3) is 0 Å². The van der Waals surface area contributed by atoms with Gasteiger partial charge in [-0.15, -0.1) is 0 Å². The molecule has 1 N–H and O–H groups in total. The van der Waals surface area contributed by atoms with Gasteiger partial charge in [0, 0.05) is 25.0 Å². The zero-order valence-corrected chi connectivity index (χ0v) is 10.3. The van der Waals surface area contributed by atoms with Crippen molar-refractivity contribution in [3.63, 3.8) is 0 Å². The van der Waals surface area contributed by atoms with Gasteiger partial charge in [0.1, 0.15) is 5.15 Å². The summed E-state index contributed by atoms with van der Waals surface area (Å²) in [6.45, 7) is 0. The number of halogens is 3. The molecule has 1 aromatic heterocycles. The molecular weight excluding hydrogens is 264 g/mol. The summed E-state index contributed by atoms with van der Waals surface area (Å²) in [6, 6.07) is 1.48. The van der Waals surface area contributed by atoms with Crippen LogP contribution in [0.25, 0.3) is 0 Å². The first-order valence-corrected chi connectivity index (χ1v) is 6.01. The van der Waals surface area contributed by atoms with Gasteiger partial charge in [-0.3, -0.25) is 10.1 Å². The van der Waals surface area contributed by atoms with E-state index in [1.807, 2.05) is 0 Å². The van der Waals surface area contributed by atoms with Gasteiger partial charge in [-0.25, -0.2) is 18.7 Å². The second-order valence-electron chi connectivity index (χ2n) is 4.32. The van der Waals surface area contributed by atoms with Crippen LogP contribution in [0.4, 0.5) is 14.7 Å². The second-order valence-corrected chi connectivity index (χ2v) is 4.71. The van der Waals surface area contributed by atoms with E-state index >= 15 is 0 Å². The Hall–Kier alpha value is -1.30. The standard InChI is InChI=1S/C11H12ClF2N3O/c12-8-3-6-15-10(16-8)17-9(18)7-1-4-11(13,14)5-2-7/h3,6-7H,1-2,4-5H2,(H,15,16,17,18). The third kappa shape index (κ3) is 3.35. The van der Waals surface area contributed by atoms with Crippen molar-refractivity contribution in [1.29, 1.82) is 0 Å². The number of aromatic nitrogens is 2. The highest BCUT2D eigenvalue weighted by Crippen LogP contribution is 2.36. The molecule has 0 aromatic carbocycles. The minimum atomic E-state index is -2.64. The summed E-state index contributed by atoms with van der Waals surface area (Å²) < 4.78 is 25.9. The summed E-state index contributed by atoms with van der Waals surface area (Å²) in [5.74, 6) is -3.27. The Morgan fingerprint density at radius 1 is 1.44 bits per heavy atom. The first-order valence-electron chi connectivity index (χ1n) is 5.63. The molecule has 1 aliphatic carbocycles. The maximum Gasteiger partial charge on any atom is 0.248 e. The Labute approximate surface area is 108 Å². The van der Waals surface area contributed by atoms with E-state index < -0.39 is 11.8 Å². The maximum absolute atomic E-state index is 12.9. The Balaban J connectivity index is 1.93. The van der Waals surface area contributed by atoms with Crippen molar-refractivity contribution < 1.29 is 13.6 Å². The molecule has 0 radical (unpaired) electrons. The average Bonchev–Trinajstić information content (AvgIpc) is 2.28. The number of nitrogens with one attached hydrogen (secondary N) is 1. The Morgan fingerprint density at radius 2 is 2.11 bits per heavy atom. The zero-order chi connectivity index (χ0) is 13.2. The van der Waals surface area contributed by atoms with Crippen molar-refractivity contribution in [2.45, 2.75) is 31.6 Å². The number of nitrogens with zero attached hydrogens (tertiary/aromatic N) is 2. The van der Waals surface area contributed by atoms with Crippen molar-refractivity contribution in [1.82, 2.24) is 9.97 Å². The molecule has 0 atom stereocenters. The van der Waals surface area contributed by atoms with Crippen LogP contribution >= 0.6 is 11.6 Å². The largest absolute Gasteiger partial charge is 0.294 e. The van der Waals surface area contributed by atoms with E-state index in [0.29, 0.717) is 0 Å². The highest BCUT2D eigenvalue weighted by molar-refractivity contribution is 6.29. The molecule has 1 fully saturated rings. The lowest BCUT2D eigenvalue weighted by molar-refractivity contribution is -0.124. The number of carbonyl (C=O) groups excluding carboxylic acids is 1. The summed E-state index contributed by atoms with van der Waals surface area (Å²) in [6.07, 6.45) is 1.28. The van der Waals surface area contributed by atoms with Gasteiger partial charge in [0.2, 0.25) is 17.8 Å². The van der Waals surface area contributed by atoms with E-state index in [1.165, 1.54) is 12.3 Å². The highest BCUT2D eigenvalue weighted by Gasteiger charge is 2.37. The van der Waals surface area contributed by atoms with E-state index in [4.69, 9.17) is 11.6 Å². The van der Waals surface area contributed by atoms with Gasteiger partial charge in [0.15, 0.2) is 0 Å². The maximum atomic E-state index is 12.9. The molecule has 98 valence electrons. The molecule has 0 bridgehead atoms. The van der Waals surface area contributed by atoms with E-state index in [0.717, 1.165) is 0 Å². The van der Waals surface area contributed by atoms with Gasteiger partial charge < -0.3 is 0 Å². The van der Waals surface area contributed by atoms with Crippen molar-refractivity contribution >= 4 is 23.5 Å². The quantitative estimate of drug-likeness (QED) is 0.845. The molecule has 1 amide bonds. The minimum Gasteiger partial charge on any atom is -0.294 e. The number of alkyl halides is 2. The first kappa shape index (κ1) is 13.1. The average molecular weight is 276 g/mol. The topological polar surface area (TPSA) is 54.9 Å². The second kappa shape index (κ2) is 5.14. The lowest BCUT2D eigenvalue weighted by atomic mass is 9.86. The minimum absolute atomic E-state index is 0.102. The molecule has 1 aromatic rings. The lowest BCUT2D eigenvalue weighted by Gasteiger charge is -2.27. The molecule has 0 unspecified atom stereocenters. The molecule has 0 spiro atoms. The first-order chi connectivity index (χ1) is 8.46. The number of amides is 1. The fourth-order valence-corrected chi connectivity index (χ4v) is 2.05. The van der Waals surface area contributed by atoms with Crippen LogP contribution in [0.15, 0.2) is 12.3 Å². The molecule has 1 heterocycles. The summed E-state index contributed by atoms with van der Waals surface area (Å²) >= 11 is 5.65. The monoisotopic (exact) mass is 275 g/mol. The third-order valence-electron chi connectivity index (χ3n) is 2.94. The Bertz CT molecular complexity index is 446. The van der Waals surface area contributed by atoms with Crippen molar-refractivity contribution in [2.24, 2.45) is 5.92 Å². The van der Waals surface area contributed by atoms with Gasteiger partial charge in [-0.05, 0) is 18.9 Å². The van der Waals surface area contributed by atoms with Crippen molar-refractivity contribution in [3.8, 4) is 0 Å². The number of carbonyl (C=O) groups is 1. The number of rotatable bonds is 2. The van der Waals surface area contributed by atoms with E-state index in [9.17, 15) is 13.6 Å². The van der Waals surface area contributed by atoms with Crippen LogP contribution in [-0.4, -0.2) is 21.8 Å². The predicted molar refractivity (Wildman–Crippen MR) is 62.6 cm³/mol. The molecule has 1 saturated carbocycles. The summed E-state index contributed by atoms with van der Waals surface area (Å²) in [4.78, 5) is 19.4. The Morgan fingerprint density at radius 3 is 2.72 bits per heavy atom. The van der Waals surface area contributed by atoms with Crippen LogP contribution < -0.4 is 5.32 Å². The van der Waals surface area contributed by atoms with E-state index in [-0.39, 0.29) is 42.7 Å². The third-order valence-corrected chi connectivity index (χ3v) is 3.16. The lowest BCUT2D eigenvalue weighted by Crippen LogP contribution is -2.32. The normalized spacial score (nSPS) is 19.5. The van der Waals surface area contributed by atoms with E-state index in [2.05, 4.69) is 15.3 Å². The van der Waals surface area contributed by atoms with Crippen LogP contribution in [0, 0.1) is 5.92 Å². The van der Waals surface area contributed by atoms with Crippen molar-refractivity contribution in [3.05, 3.63) is 17.4 Å². The van der Waals surface area contributed by atoms with Crippen LogP contribution in [0.5, 0.6) is 0 Å². The van der Waals surface area contributed by atoms with Crippen LogP contribution in [0.1, 0.15) is 25.7 Å². The fraction of sp³-hybridized carbons (Fsp3) is 0.545. The van der Waals surface area contributed by atoms with Crippen LogP contribution in [-0.2, 0) is 4.79 Å². The van der Waals surface area contributed by atoms with Crippen LogP contribution in [0.3, 0.4) is 0 Å². The molecule has 0 aliphatic heterocycles. The predicted octanol–water partition coefficient (Wildman–Crippen LogP) is 2.89. The van der Waals surface area contributed by atoms with Crippen molar-refractivity contribution in [2.75, 3.05) is 5.32 Å². The molecular formula is C11H12ClF2N3O. The summed E-state index contributed by atoms with van der Waals surface area (Å²) in [7, 11) is 0. The SMILES string of the molecule is O=C(Nc1nccc(Cl)n1)C1CCC(F)(F)CC1. The van der Waals surface area contributed by atoms with Gasteiger partial charge in [-0.2, -0.15) is 0 Å². The van der Waals surface area contributed by atoms with E-state index in [1.54, 1.807) is 0 Å². The van der Waals surface area contributed by atoms with Gasteiger partial charge >= 0.3 is 0 Å². The molecule has 0 saturated heterocycles. The molecule has 7 heteroatoms.